The van der Waals surface area contributed by atoms with Crippen molar-refractivity contribution < 1.29 is 52.3 Å². The first-order chi connectivity index (χ1) is 23.9. The summed E-state index contributed by atoms with van der Waals surface area (Å²) in [6.07, 6.45) is -0.892. The highest BCUT2D eigenvalue weighted by Gasteiger charge is 2.43. The molecule has 0 radical (unpaired) electrons. The molecular formula is C37H61N3O11. The van der Waals surface area contributed by atoms with Gasteiger partial charge in [0.25, 0.3) is 0 Å². The lowest BCUT2D eigenvalue weighted by Gasteiger charge is -2.33. The Labute approximate surface area is 303 Å². The summed E-state index contributed by atoms with van der Waals surface area (Å²) in [6, 6.07) is 5.33. The Kier molecular flexibility index (Phi) is 17.3. The van der Waals surface area contributed by atoms with Crippen LogP contribution < -0.4 is 20.5 Å². The fourth-order valence-corrected chi connectivity index (χ4v) is 5.76. The van der Waals surface area contributed by atoms with Gasteiger partial charge in [-0.1, -0.05) is 40.7 Å². The van der Waals surface area contributed by atoms with E-state index in [9.17, 15) is 19.2 Å². The molecule has 5 atom stereocenters. The summed E-state index contributed by atoms with van der Waals surface area (Å²) in [6.45, 7) is 16.2. The molecule has 1 fully saturated rings. The molecule has 1 aromatic carbocycles. The van der Waals surface area contributed by atoms with Gasteiger partial charge < -0.3 is 44.2 Å². The highest BCUT2D eigenvalue weighted by molar-refractivity contribution is 5.83. The third-order valence-electron chi connectivity index (χ3n) is 9.25. The van der Waals surface area contributed by atoms with Gasteiger partial charge in [0.05, 0.1) is 30.8 Å². The predicted molar refractivity (Wildman–Crippen MR) is 190 cm³/mol. The van der Waals surface area contributed by atoms with E-state index in [1.807, 2.05) is 39.0 Å². The highest BCUT2D eigenvalue weighted by Crippen LogP contribution is 2.36. The topological polar surface area (TPSA) is 174 Å². The Bertz CT molecular complexity index is 1280. The van der Waals surface area contributed by atoms with Crippen LogP contribution in [0.5, 0.6) is 11.5 Å². The van der Waals surface area contributed by atoms with Crippen molar-refractivity contribution in [3.8, 4) is 11.5 Å². The molecule has 1 aliphatic rings. The minimum Gasteiger partial charge on any atom is -0.493 e. The van der Waals surface area contributed by atoms with Crippen molar-refractivity contribution >= 4 is 24.1 Å². The predicted octanol–water partition coefficient (Wildman–Crippen LogP) is 5.63. The van der Waals surface area contributed by atoms with Crippen molar-refractivity contribution in [3.05, 3.63) is 23.8 Å². The summed E-state index contributed by atoms with van der Waals surface area (Å²) >= 11 is 0. The maximum atomic E-state index is 13.5. The molecule has 3 N–H and O–H groups in total. The maximum absolute atomic E-state index is 13.5. The zero-order valence-electron chi connectivity index (χ0n) is 32.3. The smallest absolute Gasteiger partial charge is 0.493 e. The third-order valence-corrected chi connectivity index (χ3v) is 9.25. The van der Waals surface area contributed by atoms with E-state index in [-0.39, 0.29) is 36.9 Å². The van der Waals surface area contributed by atoms with Gasteiger partial charge in [-0.15, -0.1) is 0 Å². The van der Waals surface area contributed by atoms with E-state index in [1.165, 1.54) is 4.90 Å². The summed E-state index contributed by atoms with van der Waals surface area (Å²) in [4.78, 5) is 52.2. The fraction of sp³-hybridized carbons (Fsp3) is 0.730. The number of primary amides is 1. The van der Waals surface area contributed by atoms with E-state index < -0.39 is 60.8 Å². The van der Waals surface area contributed by atoms with Crippen molar-refractivity contribution in [2.75, 3.05) is 34.3 Å². The first-order valence-electron chi connectivity index (χ1n) is 17.8. The first-order valence-corrected chi connectivity index (χ1v) is 17.8. The number of ether oxygens (including phenoxy) is 7. The van der Waals surface area contributed by atoms with Gasteiger partial charge in [-0.3, -0.25) is 14.5 Å². The summed E-state index contributed by atoms with van der Waals surface area (Å²) in [7, 11) is 3.18. The molecule has 1 unspecified atom stereocenters. The summed E-state index contributed by atoms with van der Waals surface area (Å²) in [5.74, 6) is 0.0880. The number of benzene rings is 1. The van der Waals surface area contributed by atoms with E-state index in [1.54, 1.807) is 41.9 Å². The van der Waals surface area contributed by atoms with Gasteiger partial charge in [0.15, 0.2) is 17.8 Å². The second-order valence-corrected chi connectivity index (χ2v) is 14.6. The summed E-state index contributed by atoms with van der Waals surface area (Å²) in [5, 5.41) is 2.90. The molecule has 1 aliphatic heterocycles. The molecular weight excluding hydrogens is 662 g/mol. The minimum absolute atomic E-state index is 0.0557. The standard InChI is InChI=1S/C37H61N3O11/c1-12-32(46-11)51-31-16-25(13-14-29(31)45-10)15-26(22(2)3)17-28-30(18-27(23(4)5)33(41)39-19-37(8,9)34(38)42)47-20-40(28)35(43)48-21-49-36(44)50-24(6)7/h13-14,16,22-24,26-28,30,32H,12,15,17-21H2,1-11H3,(H2,38,42)(H,39,41)/t26-,27-,28-,30-,32?/m0/s1. The number of methoxy groups -OCH3 is 2. The van der Waals surface area contributed by atoms with Gasteiger partial charge in [0, 0.05) is 26.0 Å². The van der Waals surface area contributed by atoms with E-state index in [4.69, 9.17) is 38.9 Å². The normalized spacial score (nSPS) is 18.0. The van der Waals surface area contributed by atoms with Crippen LogP contribution in [0, 0.1) is 29.1 Å². The summed E-state index contributed by atoms with van der Waals surface area (Å²) in [5.41, 5.74) is 5.61. The third kappa shape index (κ3) is 13.4. The molecule has 1 saturated heterocycles. The van der Waals surface area contributed by atoms with Crippen LogP contribution in [0.15, 0.2) is 18.2 Å². The van der Waals surface area contributed by atoms with Crippen LogP contribution in [0.1, 0.15) is 87.1 Å². The van der Waals surface area contributed by atoms with Gasteiger partial charge in [-0.05, 0) is 82.4 Å². The maximum Gasteiger partial charge on any atom is 0.511 e. The molecule has 0 aliphatic carbocycles. The zero-order valence-corrected chi connectivity index (χ0v) is 32.3. The number of nitrogens with zero attached hydrogens (tertiary/aromatic N) is 1. The van der Waals surface area contributed by atoms with E-state index in [2.05, 4.69) is 19.2 Å². The average Bonchev–Trinajstić information content (AvgIpc) is 3.45. The lowest BCUT2D eigenvalue weighted by Crippen LogP contribution is -2.47. The van der Waals surface area contributed by atoms with Crippen LogP contribution in [-0.2, 0) is 39.7 Å². The quantitative estimate of drug-likeness (QED) is 0.126. The number of hydrogen-bond donors (Lipinski definition) is 2. The molecule has 0 saturated carbocycles. The molecule has 290 valence electrons. The Balaban J connectivity index is 2.37. The molecule has 14 heteroatoms. The van der Waals surface area contributed by atoms with Crippen LogP contribution in [0.2, 0.25) is 0 Å². The van der Waals surface area contributed by atoms with Crippen LogP contribution >= 0.6 is 0 Å². The van der Waals surface area contributed by atoms with E-state index >= 15 is 0 Å². The van der Waals surface area contributed by atoms with Crippen molar-refractivity contribution in [2.45, 2.75) is 113 Å². The van der Waals surface area contributed by atoms with Gasteiger partial charge in [0.1, 0.15) is 6.73 Å². The highest BCUT2D eigenvalue weighted by atomic mass is 16.8. The van der Waals surface area contributed by atoms with Crippen molar-refractivity contribution in [1.82, 2.24) is 10.2 Å². The Morgan fingerprint density at radius 3 is 2.24 bits per heavy atom. The SMILES string of the molecule is CCC(OC)Oc1cc(C[C@@H](C[C@H]2[C@H](C[C@H](C(=O)NCC(C)(C)C(N)=O)C(C)C)OCN2C(=O)OCOC(=O)OC(C)C)C(C)C)ccc1OC. The fourth-order valence-electron chi connectivity index (χ4n) is 5.76. The van der Waals surface area contributed by atoms with E-state index in [0.29, 0.717) is 37.2 Å². The molecule has 14 nitrogen and oxygen atoms in total. The largest absolute Gasteiger partial charge is 0.511 e. The molecule has 0 bridgehead atoms. The number of nitrogens with one attached hydrogen (secondary N) is 1. The van der Waals surface area contributed by atoms with Crippen LogP contribution in [0.25, 0.3) is 0 Å². The number of hydrogen-bond acceptors (Lipinski definition) is 11. The molecule has 51 heavy (non-hydrogen) atoms. The molecule has 2 rings (SSSR count). The second-order valence-electron chi connectivity index (χ2n) is 14.6. The second kappa shape index (κ2) is 20.3. The van der Waals surface area contributed by atoms with Crippen LogP contribution in [0.4, 0.5) is 9.59 Å². The monoisotopic (exact) mass is 723 g/mol. The molecule has 0 spiro atoms. The van der Waals surface area contributed by atoms with Crippen molar-refractivity contribution in [1.29, 1.82) is 0 Å². The number of rotatable bonds is 20. The molecule has 0 aromatic heterocycles. The Morgan fingerprint density at radius 1 is 1.00 bits per heavy atom. The minimum atomic E-state index is -0.950. The first kappa shape index (κ1) is 43.4. The van der Waals surface area contributed by atoms with Gasteiger partial charge >= 0.3 is 12.2 Å². The Hall–Kier alpha value is -3.78. The lowest BCUT2D eigenvalue weighted by atomic mass is 9.80. The number of nitrogens with two attached hydrogens (primary N) is 1. The zero-order chi connectivity index (χ0) is 38.5. The van der Waals surface area contributed by atoms with Gasteiger partial charge in [0.2, 0.25) is 18.6 Å². The van der Waals surface area contributed by atoms with Crippen molar-refractivity contribution in [3.63, 3.8) is 0 Å². The molecule has 3 amide bonds. The molecule has 1 heterocycles. The lowest BCUT2D eigenvalue weighted by molar-refractivity contribution is -0.130. The average molecular weight is 724 g/mol. The van der Waals surface area contributed by atoms with Crippen LogP contribution in [0.3, 0.4) is 0 Å². The number of carbonyl (C=O) groups is 4. The van der Waals surface area contributed by atoms with Crippen LogP contribution in [-0.4, -0.2) is 87.8 Å². The van der Waals surface area contributed by atoms with Gasteiger partial charge in [-0.2, -0.15) is 0 Å². The number of carbonyl (C=O) groups excluding carboxylic acids is 4. The van der Waals surface area contributed by atoms with Gasteiger partial charge in [-0.25, -0.2) is 9.59 Å². The summed E-state index contributed by atoms with van der Waals surface area (Å²) < 4.78 is 38.5. The Morgan fingerprint density at radius 2 is 1.69 bits per heavy atom. The number of amides is 3. The van der Waals surface area contributed by atoms with Crippen molar-refractivity contribution in [2.24, 2.45) is 34.8 Å². The van der Waals surface area contributed by atoms with E-state index in [0.717, 1.165) is 5.56 Å². The molecule has 1 aromatic rings.